The number of nitrogens with zero attached hydrogens (tertiary/aromatic N) is 1. The molecule has 0 unspecified atom stereocenters. The van der Waals surface area contributed by atoms with Gasteiger partial charge < -0.3 is 10.6 Å². The molecule has 0 aliphatic carbocycles. The lowest BCUT2D eigenvalue weighted by Gasteiger charge is -2.22. The first-order chi connectivity index (χ1) is 10.1. The fourth-order valence-corrected chi connectivity index (χ4v) is 2.14. The van der Waals surface area contributed by atoms with E-state index >= 15 is 0 Å². The Balaban J connectivity index is 2.20. The van der Waals surface area contributed by atoms with Gasteiger partial charge in [-0.2, -0.15) is 0 Å². The second-order valence-electron chi connectivity index (χ2n) is 4.63. The lowest BCUT2D eigenvalue weighted by molar-refractivity contribution is 0.0748. The van der Waals surface area contributed by atoms with Crippen LogP contribution < -0.4 is 5.73 Å². The molecule has 110 valence electrons. The van der Waals surface area contributed by atoms with Crippen molar-refractivity contribution in [3.05, 3.63) is 70.5 Å². The van der Waals surface area contributed by atoms with Gasteiger partial charge in [0.1, 0.15) is 5.82 Å². The van der Waals surface area contributed by atoms with Gasteiger partial charge in [-0.3, -0.25) is 4.79 Å². The Morgan fingerprint density at radius 1 is 1.19 bits per heavy atom. The molecule has 2 aromatic carbocycles. The second kappa shape index (κ2) is 7.20. The molecule has 0 aliphatic rings. The molecule has 0 saturated carbocycles. The van der Waals surface area contributed by atoms with Gasteiger partial charge in [0.05, 0.1) is 5.02 Å². The number of carbonyl (C=O) groups is 1. The van der Waals surface area contributed by atoms with Crippen LogP contribution in [0.4, 0.5) is 4.39 Å². The zero-order valence-corrected chi connectivity index (χ0v) is 12.2. The molecule has 0 saturated heterocycles. The van der Waals surface area contributed by atoms with Gasteiger partial charge in [-0.25, -0.2) is 4.39 Å². The molecule has 1 amide bonds. The van der Waals surface area contributed by atoms with E-state index in [1.54, 1.807) is 4.90 Å². The molecule has 2 N–H and O–H groups in total. The van der Waals surface area contributed by atoms with Gasteiger partial charge in [-0.05, 0) is 23.8 Å². The lowest BCUT2D eigenvalue weighted by atomic mass is 10.1. The third-order valence-corrected chi connectivity index (χ3v) is 3.38. The van der Waals surface area contributed by atoms with Crippen molar-refractivity contribution in [1.29, 1.82) is 0 Å². The third kappa shape index (κ3) is 4.03. The van der Waals surface area contributed by atoms with E-state index < -0.39 is 5.82 Å². The Kier molecular flexibility index (Phi) is 5.31. The molecule has 0 atom stereocenters. The van der Waals surface area contributed by atoms with Crippen LogP contribution >= 0.6 is 11.6 Å². The maximum absolute atomic E-state index is 13.5. The molecule has 5 heteroatoms. The van der Waals surface area contributed by atoms with Crippen molar-refractivity contribution in [3.63, 3.8) is 0 Å². The number of benzene rings is 2. The largest absolute Gasteiger partial charge is 0.333 e. The smallest absolute Gasteiger partial charge is 0.254 e. The van der Waals surface area contributed by atoms with Gasteiger partial charge in [0.25, 0.3) is 5.91 Å². The third-order valence-electron chi connectivity index (χ3n) is 3.07. The van der Waals surface area contributed by atoms with Crippen LogP contribution in [0.25, 0.3) is 0 Å². The highest BCUT2D eigenvalue weighted by molar-refractivity contribution is 6.30. The number of carbonyl (C=O) groups excluding carboxylic acids is 1. The number of hydrogen-bond acceptors (Lipinski definition) is 2. The van der Waals surface area contributed by atoms with Crippen LogP contribution in [0.5, 0.6) is 0 Å². The maximum atomic E-state index is 13.5. The zero-order valence-electron chi connectivity index (χ0n) is 11.4. The summed E-state index contributed by atoms with van der Waals surface area (Å²) in [5.74, 6) is -0.866. The Bertz CT molecular complexity index is 619. The highest BCUT2D eigenvalue weighted by atomic mass is 35.5. The van der Waals surface area contributed by atoms with Crippen LogP contribution in [0.1, 0.15) is 15.9 Å². The van der Waals surface area contributed by atoms with Crippen LogP contribution in [0.2, 0.25) is 5.02 Å². The van der Waals surface area contributed by atoms with E-state index in [0.29, 0.717) is 19.6 Å². The molecule has 2 rings (SSSR count). The Morgan fingerprint density at radius 3 is 2.52 bits per heavy atom. The van der Waals surface area contributed by atoms with Gasteiger partial charge in [-0.15, -0.1) is 0 Å². The topological polar surface area (TPSA) is 46.3 Å². The highest BCUT2D eigenvalue weighted by Crippen LogP contribution is 2.17. The molecule has 2 aromatic rings. The van der Waals surface area contributed by atoms with Crippen molar-refractivity contribution in [2.45, 2.75) is 6.54 Å². The molecule has 0 fully saturated rings. The summed E-state index contributed by atoms with van der Waals surface area (Å²) in [5, 5.41) is -0.0000146. The molecular weight excluding hydrogens is 291 g/mol. The molecule has 0 bridgehead atoms. The minimum Gasteiger partial charge on any atom is -0.333 e. The maximum Gasteiger partial charge on any atom is 0.254 e. The fourth-order valence-electron chi connectivity index (χ4n) is 2.02. The number of amides is 1. The second-order valence-corrected chi connectivity index (χ2v) is 5.04. The van der Waals surface area contributed by atoms with Crippen molar-refractivity contribution >= 4 is 17.5 Å². The van der Waals surface area contributed by atoms with Gasteiger partial charge >= 0.3 is 0 Å². The lowest BCUT2D eigenvalue weighted by Crippen LogP contribution is -2.34. The first kappa shape index (κ1) is 15.5. The average Bonchev–Trinajstić information content (AvgIpc) is 2.50. The van der Waals surface area contributed by atoms with Crippen LogP contribution in [0.3, 0.4) is 0 Å². The van der Waals surface area contributed by atoms with E-state index in [0.717, 1.165) is 11.6 Å². The molecule has 0 aromatic heterocycles. The van der Waals surface area contributed by atoms with E-state index in [1.165, 1.54) is 12.1 Å². The van der Waals surface area contributed by atoms with Crippen LogP contribution in [0, 0.1) is 5.82 Å². The predicted molar refractivity (Wildman–Crippen MR) is 81.6 cm³/mol. The van der Waals surface area contributed by atoms with E-state index in [-0.39, 0.29) is 16.5 Å². The summed E-state index contributed by atoms with van der Waals surface area (Å²) in [5.41, 5.74) is 6.82. The van der Waals surface area contributed by atoms with Gasteiger partial charge in [0, 0.05) is 25.2 Å². The monoisotopic (exact) mass is 306 g/mol. The number of rotatable bonds is 5. The Morgan fingerprint density at radius 2 is 1.90 bits per heavy atom. The first-order valence-corrected chi connectivity index (χ1v) is 6.98. The quantitative estimate of drug-likeness (QED) is 0.922. The predicted octanol–water partition coefficient (Wildman–Crippen LogP) is 3.08. The normalized spacial score (nSPS) is 10.4. The highest BCUT2D eigenvalue weighted by Gasteiger charge is 2.16. The van der Waals surface area contributed by atoms with Gasteiger partial charge in [0.2, 0.25) is 0 Å². The standard InChI is InChI=1S/C16H16ClFN2O/c17-14-7-6-13(10-15(14)18)16(21)20(9-8-19)11-12-4-2-1-3-5-12/h1-7,10H,8-9,11,19H2. The number of halogens is 2. The van der Waals surface area contributed by atoms with Crippen molar-refractivity contribution in [2.24, 2.45) is 5.73 Å². The number of hydrogen-bond donors (Lipinski definition) is 1. The van der Waals surface area contributed by atoms with Crippen molar-refractivity contribution < 1.29 is 9.18 Å². The summed E-state index contributed by atoms with van der Waals surface area (Å²) in [6.45, 7) is 1.17. The summed E-state index contributed by atoms with van der Waals surface area (Å²) < 4.78 is 13.5. The van der Waals surface area contributed by atoms with E-state index in [2.05, 4.69) is 0 Å². The van der Waals surface area contributed by atoms with E-state index in [4.69, 9.17) is 17.3 Å². The van der Waals surface area contributed by atoms with Crippen LogP contribution in [0.15, 0.2) is 48.5 Å². The summed E-state index contributed by atoms with van der Waals surface area (Å²) >= 11 is 5.64. The Hall–Kier alpha value is -1.91. The number of nitrogens with two attached hydrogens (primary N) is 1. The zero-order chi connectivity index (χ0) is 15.2. The Labute approximate surface area is 128 Å². The first-order valence-electron chi connectivity index (χ1n) is 6.60. The van der Waals surface area contributed by atoms with E-state index in [1.807, 2.05) is 30.3 Å². The summed E-state index contributed by atoms with van der Waals surface area (Å²) in [7, 11) is 0. The molecule has 0 radical (unpaired) electrons. The summed E-state index contributed by atoms with van der Waals surface area (Å²) in [6, 6.07) is 13.6. The molecule has 21 heavy (non-hydrogen) atoms. The van der Waals surface area contributed by atoms with E-state index in [9.17, 15) is 9.18 Å². The average molecular weight is 307 g/mol. The molecule has 0 aliphatic heterocycles. The van der Waals surface area contributed by atoms with Gasteiger partial charge in [-0.1, -0.05) is 41.9 Å². The van der Waals surface area contributed by atoms with Crippen LogP contribution in [-0.4, -0.2) is 23.9 Å². The molecular formula is C16H16ClFN2O. The molecule has 3 nitrogen and oxygen atoms in total. The van der Waals surface area contributed by atoms with Crippen molar-refractivity contribution in [3.8, 4) is 0 Å². The molecule has 0 spiro atoms. The van der Waals surface area contributed by atoms with Crippen molar-refractivity contribution in [2.75, 3.05) is 13.1 Å². The molecule has 0 heterocycles. The van der Waals surface area contributed by atoms with Crippen LogP contribution in [-0.2, 0) is 6.54 Å². The van der Waals surface area contributed by atoms with Crippen molar-refractivity contribution in [1.82, 2.24) is 4.90 Å². The van der Waals surface area contributed by atoms with Gasteiger partial charge in [0.15, 0.2) is 0 Å². The minimum atomic E-state index is -0.602. The summed E-state index contributed by atoms with van der Waals surface area (Å²) in [6.07, 6.45) is 0. The SMILES string of the molecule is NCCN(Cc1ccccc1)C(=O)c1ccc(Cl)c(F)c1. The minimum absolute atomic E-state index is 0.0000146. The fraction of sp³-hybridized carbons (Fsp3) is 0.188. The summed E-state index contributed by atoms with van der Waals surface area (Å²) in [4.78, 5) is 14.1.